The number of hydrogen-bond acceptors (Lipinski definition) is 4. The number of carbonyl (C=O) groups excluding carboxylic acids is 1. The summed E-state index contributed by atoms with van der Waals surface area (Å²) in [5, 5.41) is 3.05. The van der Waals surface area contributed by atoms with Gasteiger partial charge in [0.25, 0.3) is 0 Å². The molecule has 4 heteroatoms. The lowest BCUT2D eigenvalue weighted by atomic mass is 9.84. The number of rotatable bonds is 5. The average Bonchev–Trinajstić information content (AvgIpc) is 2.24. The van der Waals surface area contributed by atoms with Crippen molar-refractivity contribution >= 4 is 5.97 Å². The van der Waals surface area contributed by atoms with Crippen LogP contribution in [0.5, 0.6) is 0 Å². The second-order valence-electron chi connectivity index (χ2n) is 5.60. The van der Waals surface area contributed by atoms with Gasteiger partial charge in [0.2, 0.25) is 0 Å². The molecule has 0 saturated carbocycles. The molecule has 0 amide bonds. The van der Waals surface area contributed by atoms with Crippen LogP contribution in [-0.2, 0) is 9.53 Å². The van der Waals surface area contributed by atoms with Crippen LogP contribution in [0.2, 0.25) is 0 Å². The zero-order valence-electron chi connectivity index (χ0n) is 11.6. The highest BCUT2D eigenvalue weighted by Gasteiger charge is 2.29. The molecular formula is C13H26N2O2. The molecule has 1 aliphatic heterocycles. The molecule has 1 unspecified atom stereocenters. The predicted octanol–water partition coefficient (Wildman–Crippen LogP) is 1.26. The van der Waals surface area contributed by atoms with Crippen molar-refractivity contribution in [2.24, 2.45) is 5.41 Å². The fourth-order valence-electron chi connectivity index (χ4n) is 2.49. The molecule has 4 nitrogen and oxygen atoms in total. The minimum atomic E-state index is -0.205. The van der Waals surface area contributed by atoms with Crippen molar-refractivity contribution in [3.8, 4) is 0 Å². The number of hydrogen-bond donors (Lipinski definition) is 1. The van der Waals surface area contributed by atoms with E-state index >= 15 is 0 Å². The highest BCUT2D eigenvalue weighted by atomic mass is 16.5. The van der Waals surface area contributed by atoms with E-state index in [1.807, 2.05) is 14.0 Å². The van der Waals surface area contributed by atoms with E-state index in [2.05, 4.69) is 24.1 Å². The molecule has 0 radical (unpaired) electrons. The monoisotopic (exact) mass is 242 g/mol. The van der Waals surface area contributed by atoms with Gasteiger partial charge < -0.3 is 15.0 Å². The van der Waals surface area contributed by atoms with E-state index in [-0.39, 0.29) is 12.0 Å². The van der Waals surface area contributed by atoms with Crippen molar-refractivity contribution in [1.29, 1.82) is 0 Å². The van der Waals surface area contributed by atoms with Crippen LogP contribution in [0.4, 0.5) is 0 Å². The quantitative estimate of drug-likeness (QED) is 0.737. The van der Waals surface area contributed by atoms with E-state index in [0.717, 1.165) is 19.6 Å². The fourth-order valence-corrected chi connectivity index (χ4v) is 2.49. The van der Waals surface area contributed by atoms with Crippen LogP contribution in [0, 0.1) is 5.41 Å². The Labute approximate surface area is 105 Å². The van der Waals surface area contributed by atoms with Crippen molar-refractivity contribution in [2.45, 2.75) is 39.7 Å². The largest absolute Gasteiger partial charge is 0.465 e. The van der Waals surface area contributed by atoms with Crippen LogP contribution in [0.3, 0.4) is 0 Å². The molecule has 0 aromatic heterocycles. The van der Waals surface area contributed by atoms with Crippen LogP contribution in [0.25, 0.3) is 0 Å². The van der Waals surface area contributed by atoms with Crippen LogP contribution in [0.15, 0.2) is 0 Å². The standard InChI is InChI=1S/C13H26N2O2/c1-5-17-12(16)11(14-4)9-15-8-6-7-13(2,3)10-15/h11,14H,5-10H2,1-4H3. The Hall–Kier alpha value is -0.610. The molecule has 1 aliphatic rings. The summed E-state index contributed by atoms with van der Waals surface area (Å²) in [6.45, 7) is 9.76. The smallest absolute Gasteiger partial charge is 0.324 e. The number of likely N-dealkylation sites (N-methyl/N-ethyl adjacent to an activating group) is 1. The maximum Gasteiger partial charge on any atom is 0.324 e. The fraction of sp³-hybridized carbons (Fsp3) is 0.923. The van der Waals surface area contributed by atoms with Gasteiger partial charge in [0, 0.05) is 13.1 Å². The number of likely N-dealkylation sites (tertiary alicyclic amines) is 1. The minimum absolute atomic E-state index is 0.140. The molecule has 100 valence electrons. The molecule has 0 aromatic rings. The number of esters is 1. The number of piperidine rings is 1. The third kappa shape index (κ3) is 4.64. The Morgan fingerprint density at radius 2 is 2.24 bits per heavy atom. The molecule has 1 heterocycles. The highest BCUT2D eigenvalue weighted by molar-refractivity contribution is 5.76. The first kappa shape index (κ1) is 14.5. The molecule has 0 aromatic carbocycles. The van der Waals surface area contributed by atoms with Crippen LogP contribution < -0.4 is 5.32 Å². The van der Waals surface area contributed by atoms with Crippen LogP contribution in [0.1, 0.15) is 33.6 Å². The molecule has 1 atom stereocenters. The summed E-state index contributed by atoms with van der Waals surface area (Å²) in [5.41, 5.74) is 0.366. The normalized spacial score (nSPS) is 22.1. The van der Waals surface area contributed by atoms with E-state index in [4.69, 9.17) is 4.74 Å². The molecule has 17 heavy (non-hydrogen) atoms. The molecule has 1 fully saturated rings. The summed E-state index contributed by atoms with van der Waals surface area (Å²) in [6.07, 6.45) is 2.49. The van der Waals surface area contributed by atoms with Crippen molar-refractivity contribution in [1.82, 2.24) is 10.2 Å². The Kier molecular flexibility index (Phi) is 5.40. The van der Waals surface area contributed by atoms with Gasteiger partial charge in [0.05, 0.1) is 6.61 Å². The van der Waals surface area contributed by atoms with Crippen molar-refractivity contribution in [3.63, 3.8) is 0 Å². The maximum atomic E-state index is 11.7. The average molecular weight is 242 g/mol. The van der Waals surface area contributed by atoms with Gasteiger partial charge in [0.15, 0.2) is 0 Å². The van der Waals surface area contributed by atoms with E-state index in [1.54, 1.807) is 0 Å². The topological polar surface area (TPSA) is 41.6 Å². The lowest BCUT2D eigenvalue weighted by Crippen LogP contribution is -2.49. The summed E-state index contributed by atoms with van der Waals surface area (Å²) in [5.74, 6) is -0.140. The molecule has 1 rings (SSSR count). The van der Waals surface area contributed by atoms with Gasteiger partial charge in [-0.2, -0.15) is 0 Å². The number of nitrogens with one attached hydrogen (secondary N) is 1. The summed E-state index contributed by atoms with van der Waals surface area (Å²) in [7, 11) is 1.82. The maximum absolute atomic E-state index is 11.7. The molecule has 1 N–H and O–H groups in total. The minimum Gasteiger partial charge on any atom is -0.465 e. The lowest BCUT2D eigenvalue weighted by molar-refractivity contribution is -0.146. The van der Waals surface area contributed by atoms with E-state index in [9.17, 15) is 4.79 Å². The number of carbonyl (C=O) groups is 1. The Morgan fingerprint density at radius 1 is 1.53 bits per heavy atom. The summed E-state index contributed by atoms with van der Waals surface area (Å²) >= 11 is 0. The number of ether oxygens (including phenoxy) is 1. The van der Waals surface area contributed by atoms with Crippen molar-refractivity contribution in [3.05, 3.63) is 0 Å². The first-order valence-electron chi connectivity index (χ1n) is 6.55. The zero-order chi connectivity index (χ0) is 12.9. The summed E-state index contributed by atoms with van der Waals surface area (Å²) in [6, 6.07) is -0.205. The van der Waals surface area contributed by atoms with Crippen LogP contribution >= 0.6 is 0 Å². The van der Waals surface area contributed by atoms with E-state index in [0.29, 0.717) is 12.0 Å². The Balaban J connectivity index is 2.47. The van der Waals surface area contributed by atoms with E-state index < -0.39 is 0 Å². The first-order valence-corrected chi connectivity index (χ1v) is 6.55. The Morgan fingerprint density at radius 3 is 2.76 bits per heavy atom. The van der Waals surface area contributed by atoms with Gasteiger partial charge in [-0.3, -0.25) is 4.79 Å². The summed E-state index contributed by atoms with van der Waals surface area (Å²) in [4.78, 5) is 14.1. The van der Waals surface area contributed by atoms with E-state index in [1.165, 1.54) is 12.8 Å². The number of nitrogens with zero attached hydrogens (tertiary/aromatic N) is 1. The van der Waals surface area contributed by atoms with Gasteiger partial charge in [-0.25, -0.2) is 0 Å². The highest BCUT2D eigenvalue weighted by Crippen LogP contribution is 2.28. The van der Waals surface area contributed by atoms with Gasteiger partial charge >= 0.3 is 5.97 Å². The molecule has 1 saturated heterocycles. The predicted molar refractivity (Wildman–Crippen MR) is 68.9 cm³/mol. The summed E-state index contributed by atoms with van der Waals surface area (Å²) < 4.78 is 5.06. The lowest BCUT2D eigenvalue weighted by Gasteiger charge is -2.39. The van der Waals surface area contributed by atoms with Gasteiger partial charge in [-0.1, -0.05) is 13.8 Å². The van der Waals surface area contributed by atoms with Gasteiger partial charge in [-0.15, -0.1) is 0 Å². The second kappa shape index (κ2) is 6.36. The SMILES string of the molecule is CCOC(=O)C(CN1CCCC(C)(C)C1)NC. The van der Waals surface area contributed by atoms with Gasteiger partial charge in [-0.05, 0) is 38.8 Å². The molecule has 0 bridgehead atoms. The molecular weight excluding hydrogens is 216 g/mol. The molecule has 0 spiro atoms. The van der Waals surface area contributed by atoms with Crippen molar-refractivity contribution in [2.75, 3.05) is 33.3 Å². The third-order valence-electron chi connectivity index (χ3n) is 3.34. The second-order valence-corrected chi connectivity index (χ2v) is 5.60. The Bertz CT molecular complexity index is 254. The van der Waals surface area contributed by atoms with Gasteiger partial charge in [0.1, 0.15) is 6.04 Å². The third-order valence-corrected chi connectivity index (χ3v) is 3.34. The zero-order valence-corrected chi connectivity index (χ0v) is 11.6. The first-order chi connectivity index (χ1) is 7.98. The molecule has 0 aliphatic carbocycles. The van der Waals surface area contributed by atoms with Crippen molar-refractivity contribution < 1.29 is 9.53 Å². The van der Waals surface area contributed by atoms with Crippen LogP contribution in [-0.4, -0.2) is 50.2 Å².